The first-order valence-electron chi connectivity index (χ1n) is 7.98. The van der Waals surface area contributed by atoms with Crippen molar-refractivity contribution in [3.8, 4) is 0 Å². The summed E-state index contributed by atoms with van der Waals surface area (Å²) >= 11 is 0. The zero-order chi connectivity index (χ0) is 22.0. The zero-order valence-electron chi connectivity index (χ0n) is 15.1. The monoisotopic (exact) mass is 440 g/mol. The van der Waals surface area contributed by atoms with Crippen molar-refractivity contribution in [2.75, 3.05) is 18.1 Å². The number of aliphatic imine (C=N–C) groups is 1. The Morgan fingerprint density at radius 1 is 1.07 bits per heavy atom. The second kappa shape index (κ2) is 8.52. The van der Waals surface area contributed by atoms with Crippen molar-refractivity contribution in [1.29, 1.82) is 0 Å². The Kier molecular flexibility index (Phi) is 6.71. The standard InChI is InChI=1S/C18H15F7N2OS/c1-10-7-13(19)14(8-15(10)29(28)9-17(20,21)22)27-16(26-2)11-3-5-12(6-4-11)18(23,24)25/h3-8H,9H2,1-2H3,(H,26,27). The first-order chi connectivity index (χ1) is 13.3. The van der Waals surface area contributed by atoms with Crippen molar-refractivity contribution in [1.82, 2.24) is 0 Å². The third-order valence-electron chi connectivity index (χ3n) is 3.77. The van der Waals surface area contributed by atoms with Crippen LogP contribution in [0.1, 0.15) is 16.7 Å². The van der Waals surface area contributed by atoms with E-state index in [9.17, 15) is 34.9 Å². The molecule has 0 aliphatic carbocycles. The molecule has 29 heavy (non-hydrogen) atoms. The topological polar surface area (TPSA) is 41.5 Å². The van der Waals surface area contributed by atoms with Gasteiger partial charge in [-0.05, 0) is 36.8 Å². The summed E-state index contributed by atoms with van der Waals surface area (Å²) in [5.41, 5.74) is -0.928. The molecule has 0 saturated heterocycles. The Balaban J connectivity index is 2.34. The van der Waals surface area contributed by atoms with Gasteiger partial charge in [0.15, 0.2) is 0 Å². The molecular weight excluding hydrogens is 425 g/mol. The molecule has 158 valence electrons. The maximum atomic E-state index is 14.3. The van der Waals surface area contributed by atoms with E-state index >= 15 is 0 Å². The fraction of sp³-hybridized carbons (Fsp3) is 0.278. The highest BCUT2D eigenvalue weighted by atomic mass is 32.2. The van der Waals surface area contributed by atoms with Crippen molar-refractivity contribution >= 4 is 22.3 Å². The summed E-state index contributed by atoms with van der Waals surface area (Å²) < 4.78 is 102. The molecule has 3 nitrogen and oxygen atoms in total. The Morgan fingerprint density at radius 2 is 1.66 bits per heavy atom. The highest BCUT2D eigenvalue weighted by molar-refractivity contribution is 7.85. The second-order valence-corrected chi connectivity index (χ2v) is 7.39. The molecule has 0 aromatic heterocycles. The van der Waals surface area contributed by atoms with Crippen LogP contribution in [0.5, 0.6) is 0 Å². The van der Waals surface area contributed by atoms with Crippen LogP contribution in [0, 0.1) is 12.7 Å². The lowest BCUT2D eigenvalue weighted by atomic mass is 10.1. The molecule has 2 aromatic carbocycles. The van der Waals surface area contributed by atoms with Crippen LogP contribution in [0.4, 0.5) is 36.4 Å². The average molecular weight is 440 g/mol. The SMILES string of the molecule is CN=C(Nc1cc(S(=O)CC(F)(F)F)c(C)cc1F)c1ccc(C(F)(F)F)cc1. The van der Waals surface area contributed by atoms with Gasteiger partial charge in [-0.15, -0.1) is 0 Å². The van der Waals surface area contributed by atoms with Crippen LogP contribution in [0.2, 0.25) is 0 Å². The lowest BCUT2D eigenvalue weighted by Gasteiger charge is -2.15. The molecule has 0 heterocycles. The van der Waals surface area contributed by atoms with Crippen molar-refractivity contribution in [3.05, 3.63) is 58.9 Å². The highest BCUT2D eigenvalue weighted by Crippen LogP contribution is 2.30. The molecule has 0 aliphatic rings. The van der Waals surface area contributed by atoms with Crippen LogP contribution in [-0.2, 0) is 17.0 Å². The van der Waals surface area contributed by atoms with Crippen LogP contribution in [0.3, 0.4) is 0 Å². The number of hydrogen-bond acceptors (Lipinski definition) is 2. The summed E-state index contributed by atoms with van der Waals surface area (Å²) in [5, 5.41) is 2.53. The van der Waals surface area contributed by atoms with E-state index in [-0.39, 0.29) is 27.5 Å². The lowest BCUT2D eigenvalue weighted by molar-refractivity contribution is -0.137. The molecular formula is C18H15F7N2OS. The molecule has 0 saturated carbocycles. The van der Waals surface area contributed by atoms with Crippen LogP contribution < -0.4 is 5.32 Å². The van der Waals surface area contributed by atoms with Crippen molar-refractivity contribution < 1.29 is 34.9 Å². The number of benzene rings is 2. The summed E-state index contributed by atoms with van der Waals surface area (Å²) in [6, 6.07) is 5.77. The molecule has 11 heteroatoms. The molecule has 0 bridgehead atoms. The number of halogens is 7. The maximum absolute atomic E-state index is 14.3. The summed E-state index contributed by atoms with van der Waals surface area (Å²) in [6.45, 7) is 1.32. The van der Waals surface area contributed by atoms with Gasteiger partial charge in [-0.3, -0.25) is 9.20 Å². The number of amidine groups is 1. The van der Waals surface area contributed by atoms with Gasteiger partial charge in [0.2, 0.25) is 0 Å². The lowest BCUT2D eigenvalue weighted by Crippen LogP contribution is -2.20. The van der Waals surface area contributed by atoms with Crippen LogP contribution in [-0.4, -0.2) is 29.0 Å². The Hall–Kier alpha value is -2.43. The third kappa shape index (κ3) is 6.02. The molecule has 2 rings (SSSR count). The first-order valence-corrected chi connectivity index (χ1v) is 9.30. The normalized spacial score (nSPS) is 14.0. The largest absolute Gasteiger partial charge is 0.416 e. The van der Waals surface area contributed by atoms with E-state index < -0.39 is 40.3 Å². The Morgan fingerprint density at radius 3 is 2.14 bits per heavy atom. The van der Waals surface area contributed by atoms with E-state index in [4.69, 9.17) is 0 Å². The number of aryl methyl sites for hydroxylation is 1. The predicted octanol–water partition coefficient (Wildman–Crippen LogP) is 5.31. The van der Waals surface area contributed by atoms with E-state index in [1.54, 1.807) is 0 Å². The first kappa shape index (κ1) is 22.9. The number of nitrogens with one attached hydrogen (secondary N) is 1. The molecule has 0 aliphatic heterocycles. The predicted molar refractivity (Wildman–Crippen MR) is 96.0 cm³/mol. The van der Waals surface area contributed by atoms with Gasteiger partial charge in [0.1, 0.15) is 17.4 Å². The molecule has 0 amide bonds. The number of hydrogen-bond donors (Lipinski definition) is 1. The average Bonchev–Trinajstić information content (AvgIpc) is 2.59. The summed E-state index contributed by atoms with van der Waals surface area (Å²) in [4.78, 5) is 3.63. The fourth-order valence-electron chi connectivity index (χ4n) is 2.42. The quantitative estimate of drug-likeness (QED) is 0.398. The number of anilines is 1. The summed E-state index contributed by atoms with van der Waals surface area (Å²) in [5.74, 6) is -2.45. The van der Waals surface area contributed by atoms with Crippen molar-refractivity contribution in [3.63, 3.8) is 0 Å². The van der Waals surface area contributed by atoms with Gasteiger partial charge in [-0.25, -0.2) is 4.39 Å². The third-order valence-corrected chi connectivity index (χ3v) is 5.29. The van der Waals surface area contributed by atoms with Gasteiger partial charge in [0, 0.05) is 17.5 Å². The minimum Gasteiger partial charge on any atom is -0.338 e. The van der Waals surface area contributed by atoms with E-state index in [1.807, 2.05) is 0 Å². The van der Waals surface area contributed by atoms with E-state index in [0.717, 1.165) is 36.4 Å². The number of alkyl halides is 6. The van der Waals surface area contributed by atoms with Gasteiger partial charge in [-0.2, -0.15) is 26.3 Å². The number of rotatable bonds is 4. The Bertz CT molecular complexity index is 935. The Labute approximate surface area is 164 Å². The molecule has 0 fully saturated rings. The highest BCUT2D eigenvalue weighted by Gasteiger charge is 2.32. The fourth-order valence-corrected chi connectivity index (χ4v) is 3.54. The van der Waals surface area contributed by atoms with E-state index in [2.05, 4.69) is 10.3 Å². The van der Waals surface area contributed by atoms with Gasteiger partial charge < -0.3 is 5.32 Å². The van der Waals surface area contributed by atoms with Gasteiger partial charge >= 0.3 is 12.4 Å². The molecule has 1 atom stereocenters. The molecule has 1 N–H and O–H groups in total. The minimum atomic E-state index is -4.67. The number of nitrogens with zero attached hydrogens (tertiary/aromatic N) is 1. The van der Waals surface area contributed by atoms with Gasteiger partial charge in [0.25, 0.3) is 0 Å². The van der Waals surface area contributed by atoms with Crippen LogP contribution in [0.15, 0.2) is 46.3 Å². The molecule has 0 radical (unpaired) electrons. The summed E-state index contributed by atoms with van der Waals surface area (Å²) in [7, 11) is -1.15. The van der Waals surface area contributed by atoms with Crippen molar-refractivity contribution in [2.24, 2.45) is 4.99 Å². The molecule has 1 unspecified atom stereocenters. The van der Waals surface area contributed by atoms with Crippen LogP contribution >= 0.6 is 0 Å². The zero-order valence-corrected chi connectivity index (χ0v) is 15.9. The van der Waals surface area contributed by atoms with Crippen LogP contribution in [0.25, 0.3) is 0 Å². The van der Waals surface area contributed by atoms with E-state index in [0.29, 0.717) is 0 Å². The second-order valence-electron chi connectivity index (χ2n) is 5.97. The minimum absolute atomic E-state index is 0.0194. The molecule has 2 aromatic rings. The smallest absolute Gasteiger partial charge is 0.338 e. The van der Waals surface area contributed by atoms with Gasteiger partial charge in [0.05, 0.1) is 22.1 Å². The summed E-state index contributed by atoms with van der Waals surface area (Å²) in [6.07, 6.45) is -9.20. The van der Waals surface area contributed by atoms with Crippen molar-refractivity contribution in [2.45, 2.75) is 24.2 Å². The maximum Gasteiger partial charge on any atom is 0.416 e. The van der Waals surface area contributed by atoms with E-state index in [1.165, 1.54) is 14.0 Å². The van der Waals surface area contributed by atoms with Gasteiger partial charge in [-0.1, -0.05) is 12.1 Å². The molecule has 0 spiro atoms.